The van der Waals surface area contributed by atoms with Crippen LogP contribution in [-0.4, -0.2) is 13.0 Å². The van der Waals surface area contributed by atoms with E-state index in [9.17, 15) is 4.79 Å². The Bertz CT molecular complexity index is 1040. The van der Waals surface area contributed by atoms with Crippen LogP contribution in [0.5, 0.6) is 11.5 Å². The van der Waals surface area contributed by atoms with Gasteiger partial charge in [0.05, 0.1) is 7.11 Å². The number of rotatable bonds is 7. The van der Waals surface area contributed by atoms with Crippen molar-refractivity contribution in [2.24, 2.45) is 0 Å². The number of aryl methyl sites for hydroxylation is 4. The van der Waals surface area contributed by atoms with Gasteiger partial charge in [0.2, 0.25) is 0 Å². The Hall–Kier alpha value is -3.27. The van der Waals surface area contributed by atoms with Crippen molar-refractivity contribution < 1.29 is 14.3 Å². The summed E-state index contributed by atoms with van der Waals surface area (Å²) >= 11 is 0. The van der Waals surface area contributed by atoms with E-state index in [0.717, 1.165) is 45.7 Å². The quantitative estimate of drug-likeness (QED) is 0.525. The van der Waals surface area contributed by atoms with Gasteiger partial charge in [0, 0.05) is 16.8 Å². The van der Waals surface area contributed by atoms with Crippen LogP contribution in [0, 0.1) is 20.8 Å². The first kappa shape index (κ1) is 21.4. The molecule has 0 aliphatic carbocycles. The molecule has 1 amide bonds. The Morgan fingerprint density at radius 1 is 0.933 bits per heavy atom. The van der Waals surface area contributed by atoms with Gasteiger partial charge in [0.1, 0.15) is 18.1 Å². The number of anilines is 1. The molecule has 1 N–H and O–H groups in total. The molecule has 3 rings (SSSR count). The molecule has 0 aliphatic rings. The summed E-state index contributed by atoms with van der Waals surface area (Å²) in [6.07, 6.45) is 0.856. The van der Waals surface area contributed by atoms with Crippen LogP contribution in [0.3, 0.4) is 0 Å². The van der Waals surface area contributed by atoms with E-state index in [1.807, 2.05) is 63.2 Å². The van der Waals surface area contributed by atoms with Crippen molar-refractivity contribution >= 4 is 11.6 Å². The topological polar surface area (TPSA) is 47.6 Å². The summed E-state index contributed by atoms with van der Waals surface area (Å²) in [5, 5.41) is 3.08. The fourth-order valence-corrected chi connectivity index (χ4v) is 3.60. The van der Waals surface area contributed by atoms with Crippen molar-refractivity contribution in [1.29, 1.82) is 0 Å². The minimum absolute atomic E-state index is 0.144. The molecule has 0 spiro atoms. The van der Waals surface area contributed by atoms with E-state index in [-0.39, 0.29) is 5.91 Å². The number of ether oxygens (including phenoxy) is 2. The maximum absolute atomic E-state index is 13.0. The molecule has 156 valence electrons. The first-order valence-corrected chi connectivity index (χ1v) is 10.2. The summed E-state index contributed by atoms with van der Waals surface area (Å²) in [6, 6.07) is 17.6. The van der Waals surface area contributed by atoms with Gasteiger partial charge in [-0.2, -0.15) is 0 Å². The number of carbonyl (C=O) groups excluding carboxylic acids is 1. The predicted molar refractivity (Wildman–Crippen MR) is 122 cm³/mol. The number of amides is 1. The number of hydrogen-bond donors (Lipinski definition) is 1. The highest BCUT2D eigenvalue weighted by Crippen LogP contribution is 2.26. The Kier molecular flexibility index (Phi) is 6.78. The molecule has 4 heteroatoms. The van der Waals surface area contributed by atoms with Crippen molar-refractivity contribution in [3.8, 4) is 11.5 Å². The van der Waals surface area contributed by atoms with E-state index in [2.05, 4.69) is 18.3 Å². The lowest BCUT2D eigenvalue weighted by Crippen LogP contribution is -2.15. The Labute approximate surface area is 178 Å². The van der Waals surface area contributed by atoms with Crippen molar-refractivity contribution in [2.45, 2.75) is 40.7 Å². The van der Waals surface area contributed by atoms with Gasteiger partial charge in [-0.25, -0.2) is 0 Å². The summed E-state index contributed by atoms with van der Waals surface area (Å²) < 4.78 is 11.5. The highest BCUT2D eigenvalue weighted by Gasteiger charge is 2.14. The van der Waals surface area contributed by atoms with E-state index in [4.69, 9.17) is 9.47 Å². The zero-order valence-electron chi connectivity index (χ0n) is 18.3. The van der Waals surface area contributed by atoms with Gasteiger partial charge in [-0.3, -0.25) is 4.79 Å². The third kappa shape index (κ3) is 5.01. The number of hydrogen-bond acceptors (Lipinski definition) is 3. The lowest BCUT2D eigenvalue weighted by Gasteiger charge is -2.15. The zero-order valence-corrected chi connectivity index (χ0v) is 18.3. The van der Waals surface area contributed by atoms with Crippen molar-refractivity contribution in [1.82, 2.24) is 0 Å². The summed E-state index contributed by atoms with van der Waals surface area (Å²) in [4.78, 5) is 13.0. The molecule has 0 aromatic heterocycles. The predicted octanol–water partition coefficient (Wildman–Crippen LogP) is 6.01. The van der Waals surface area contributed by atoms with E-state index < -0.39 is 0 Å². The number of benzene rings is 3. The number of methoxy groups -OCH3 is 1. The molecule has 0 radical (unpaired) electrons. The van der Waals surface area contributed by atoms with Crippen molar-refractivity contribution in [3.05, 3.63) is 88.0 Å². The SMILES string of the molecule is CCc1cccc(C)c1NC(=O)c1ccc(OC)c(COc2cc(C)cc(C)c2)c1. The molecule has 0 saturated heterocycles. The molecular weight excluding hydrogens is 374 g/mol. The van der Waals surface area contributed by atoms with Gasteiger partial charge in [0.25, 0.3) is 5.91 Å². The molecule has 0 saturated carbocycles. The van der Waals surface area contributed by atoms with Gasteiger partial charge >= 0.3 is 0 Å². The van der Waals surface area contributed by atoms with E-state index in [1.54, 1.807) is 13.2 Å². The normalized spacial score (nSPS) is 10.6. The number of para-hydroxylation sites is 1. The summed E-state index contributed by atoms with van der Waals surface area (Å²) in [5.41, 5.74) is 6.74. The largest absolute Gasteiger partial charge is 0.496 e. The molecule has 0 fully saturated rings. The molecular formula is C26H29NO3. The lowest BCUT2D eigenvalue weighted by atomic mass is 10.0. The highest BCUT2D eigenvalue weighted by atomic mass is 16.5. The molecule has 0 aliphatic heterocycles. The van der Waals surface area contributed by atoms with Crippen LogP contribution in [0.2, 0.25) is 0 Å². The first-order chi connectivity index (χ1) is 14.4. The molecule has 0 bridgehead atoms. The second-order valence-corrected chi connectivity index (χ2v) is 7.56. The van der Waals surface area contributed by atoms with Gasteiger partial charge in [-0.15, -0.1) is 0 Å². The first-order valence-electron chi connectivity index (χ1n) is 10.2. The summed E-state index contributed by atoms with van der Waals surface area (Å²) in [7, 11) is 1.62. The molecule has 4 nitrogen and oxygen atoms in total. The van der Waals surface area contributed by atoms with Gasteiger partial charge in [0.15, 0.2) is 0 Å². The Morgan fingerprint density at radius 2 is 1.67 bits per heavy atom. The Morgan fingerprint density at radius 3 is 2.33 bits per heavy atom. The van der Waals surface area contributed by atoms with Gasteiger partial charge in [-0.1, -0.05) is 31.2 Å². The highest BCUT2D eigenvalue weighted by molar-refractivity contribution is 6.05. The van der Waals surface area contributed by atoms with Gasteiger partial charge in [-0.05, 0) is 79.8 Å². The van der Waals surface area contributed by atoms with Crippen molar-refractivity contribution in [2.75, 3.05) is 12.4 Å². The van der Waals surface area contributed by atoms with E-state index >= 15 is 0 Å². The number of carbonyl (C=O) groups is 1. The summed E-state index contributed by atoms with van der Waals surface area (Å²) in [5.74, 6) is 1.35. The minimum Gasteiger partial charge on any atom is -0.496 e. The smallest absolute Gasteiger partial charge is 0.255 e. The van der Waals surface area contributed by atoms with Crippen LogP contribution in [0.25, 0.3) is 0 Å². The average molecular weight is 404 g/mol. The van der Waals surface area contributed by atoms with Crippen LogP contribution in [0.1, 0.15) is 45.1 Å². The fourth-order valence-electron chi connectivity index (χ4n) is 3.60. The summed E-state index contributed by atoms with van der Waals surface area (Å²) in [6.45, 7) is 8.49. The minimum atomic E-state index is -0.144. The maximum Gasteiger partial charge on any atom is 0.255 e. The van der Waals surface area contributed by atoms with E-state index in [1.165, 1.54) is 0 Å². The van der Waals surface area contributed by atoms with Crippen molar-refractivity contribution in [3.63, 3.8) is 0 Å². The van der Waals surface area contributed by atoms with E-state index in [0.29, 0.717) is 17.9 Å². The molecule has 0 atom stereocenters. The van der Waals surface area contributed by atoms with Crippen LogP contribution in [0.15, 0.2) is 54.6 Å². The molecule has 0 unspecified atom stereocenters. The fraction of sp³-hybridized carbons (Fsp3) is 0.269. The van der Waals surface area contributed by atoms with Gasteiger partial charge < -0.3 is 14.8 Å². The average Bonchev–Trinajstić information content (AvgIpc) is 2.72. The van der Waals surface area contributed by atoms with Crippen LogP contribution in [0.4, 0.5) is 5.69 Å². The second-order valence-electron chi connectivity index (χ2n) is 7.56. The third-order valence-electron chi connectivity index (χ3n) is 5.11. The number of nitrogens with one attached hydrogen (secondary N) is 1. The monoisotopic (exact) mass is 403 g/mol. The van der Waals surface area contributed by atoms with Crippen LogP contribution < -0.4 is 14.8 Å². The second kappa shape index (κ2) is 9.49. The molecule has 30 heavy (non-hydrogen) atoms. The standard InChI is InChI=1S/C26H29NO3/c1-6-20-9-7-8-19(4)25(20)27-26(28)21-10-11-24(29-5)22(15-21)16-30-23-13-17(2)12-18(3)14-23/h7-15H,6,16H2,1-5H3,(H,27,28). The molecule has 3 aromatic carbocycles. The molecule has 3 aromatic rings. The third-order valence-corrected chi connectivity index (χ3v) is 5.11. The van der Waals surface area contributed by atoms with Crippen LogP contribution in [-0.2, 0) is 13.0 Å². The Balaban J connectivity index is 1.82. The van der Waals surface area contributed by atoms with Crippen LogP contribution >= 0.6 is 0 Å². The molecule has 0 heterocycles. The lowest BCUT2D eigenvalue weighted by molar-refractivity contribution is 0.102. The maximum atomic E-state index is 13.0. The zero-order chi connectivity index (χ0) is 21.7.